The first-order chi connectivity index (χ1) is 36.1. The number of halogens is 3. The molecule has 75 heavy (non-hydrogen) atoms. The maximum Gasteiger partial charge on any atom is 0.234 e. The number of benzene rings is 3. The summed E-state index contributed by atoms with van der Waals surface area (Å²) >= 11 is 3.68. The van der Waals surface area contributed by atoms with Crippen LogP contribution < -0.4 is 35.8 Å². The van der Waals surface area contributed by atoms with E-state index in [1.165, 1.54) is 17.7 Å². The molecule has 3 N–H and O–H groups in total. The number of carbonyl (C=O) groups excluding carboxylic acids is 3. The molecule has 3 aromatic carbocycles. The highest BCUT2D eigenvalue weighted by Crippen LogP contribution is 2.54. The number of amides is 3. The molecule has 7 heterocycles. The minimum atomic E-state index is -2.67. The summed E-state index contributed by atoms with van der Waals surface area (Å²) < 4.78 is 52.6. The number of fused-ring (bicyclic) bond motifs is 1. The molecule has 5 saturated heterocycles. The second-order valence-corrected chi connectivity index (χ2v) is 25.4. The van der Waals surface area contributed by atoms with Gasteiger partial charge in [-0.1, -0.05) is 33.8 Å². The van der Waals surface area contributed by atoms with Gasteiger partial charge < -0.3 is 34.6 Å². The van der Waals surface area contributed by atoms with Crippen molar-refractivity contribution in [2.75, 3.05) is 91.7 Å². The third-order valence-electron chi connectivity index (χ3n) is 16.3. The third kappa shape index (κ3) is 10.7. The van der Waals surface area contributed by atoms with E-state index in [9.17, 15) is 18.9 Å². The lowest BCUT2D eigenvalue weighted by molar-refractivity contribution is -0.140. The first-order valence-corrected chi connectivity index (χ1v) is 29.7. The molecule has 0 saturated carbocycles. The fourth-order valence-corrected chi connectivity index (χ4v) is 15.8. The van der Waals surface area contributed by atoms with Crippen LogP contribution in [0.3, 0.4) is 0 Å². The van der Waals surface area contributed by atoms with Crippen LogP contribution in [-0.2, 0) is 31.8 Å². The molecule has 2 aromatic heterocycles. The number of imide groups is 1. The molecule has 2 atom stereocenters. The Hall–Kier alpha value is -5.71. The predicted octanol–water partition coefficient (Wildman–Crippen LogP) is 9.65. The predicted molar refractivity (Wildman–Crippen MR) is 295 cm³/mol. The van der Waals surface area contributed by atoms with Crippen molar-refractivity contribution in [1.29, 1.82) is 0 Å². The van der Waals surface area contributed by atoms with E-state index in [0.717, 1.165) is 104 Å². The molecule has 15 nitrogen and oxygen atoms in total. The van der Waals surface area contributed by atoms with Crippen LogP contribution in [-0.4, -0.2) is 120 Å². The lowest BCUT2D eigenvalue weighted by atomic mass is 9.81. The van der Waals surface area contributed by atoms with Gasteiger partial charge in [0.15, 0.2) is 0 Å². The molecule has 0 spiro atoms. The Morgan fingerprint density at radius 2 is 1.61 bits per heavy atom. The average molecular weight is 1110 g/mol. The molecule has 5 aromatic rings. The first-order valence-electron chi connectivity index (χ1n) is 26.8. The molecule has 0 bridgehead atoms. The van der Waals surface area contributed by atoms with E-state index >= 15 is 8.78 Å². The zero-order chi connectivity index (χ0) is 52.8. The number of nitrogens with zero attached hydrogens (tertiary/aromatic N) is 7. The third-order valence-corrected chi connectivity index (χ3v) is 20.2. The number of pyridine rings is 1. The van der Waals surface area contributed by atoms with Gasteiger partial charge in [0.2, 0.25) is 23.7 Å². The van der Waals surface area contributed by atoms with Crippen molar-refractivity contribution in [2.24, 2.45) is 11.3 Å². The van der Waals surface area contributed by atoms with Gasteiger partial charge in [0.25, 0.3) is 0 Å². The largest absolute Gasteiger partial charge is 0.492 e. The normalized spacial score (nSPS) is 21.2. The van der Waals surface area contributed by atoms with E-state index < -0.39 is 41.9 Å². The Morgan fingerprint density at radius 1 is 0.880 bits per heavy atom. The number of piperazine rings is 1. The monoisotopic (exact) mass is 1110 g/mol. The lowest BCUT2D eigenvalue weighted by Gasteiger charge is -2.44. The molecule has 0 radical (unpaired) electrons. The van der Waals surface area contributed by atoms with Gasteiger partial charge in [0, 0.05) is 123 Å². The van der Waals surface area contributed by atoms with Crippen LogP contribution in [0.5, 0.6) is 5.75 Å². The van der Waals surface area contributed by atoms with E-state index in [-0.39, 0.29) is 30.2 Å². The quantitative estimate of drug-likeness (QED) is 0.0712. The number of aryl methyl sites for hydroxylation is 2. The van der Waals surface area contributed by atoms with Gasteiger partial charge in [0.05, 0.1) is 39.8 Å². The van der Waals surface area contributed by atoms with Gasteiger partial charge in [-0.15, -0.1) is 0 Å². The number of aromatic nitrogens is 3. The molecule has 5 aliphatic heterocycles. The second kappa shape index (κ2) is 21.7. The van der Waals surface area contributed by atoms with Crippen molar-refractivity contribution in [3.05, 3.63) is 87.7 Å². The highest BCUT2D eigenvalue weighted by Gasteiger charge is 2.46. The number of anilines is 6. The number of nitrogens with one attached hydrogen (secondary N) is 3. The molecule has 1 unspecified atom stereocenters. The van der Waals surface area contributed by atoms with Crippen LogP contribution in [0, 0.1) is 23.0 Å². The summed E-state index contributed by atoms with van der Waals surface area (Å²) in [5.41, 5.74) is 5.28. The summed E-state index contributed by atoms with van der Waals surface area (Å²) in [5.74, 6) is -2.51. The molecule has 10 rings (SSSR count). The van der Waals surface area contributed by atoms with Crippen molar-refractivity contribution in [3.63, 3.8) is 0 Å². The number of hydrogen-bond donors (Lipinski definition) is 3. The molecule has 5 aliphatic rings. The molecule has 3 amide bonds. The zero-order valence-electron chi connectivity index (χ0n) is 43.6. The van der Waals surface area contributed by atoms with Crippen molar-refractivity contribution in [3.8, 4) is 5.75 Å². The van der Waals surface area contributed by atoms with Gasteiger partial charge in [-0.05, 0) is 115 Å². The van der Waals surface area contributed by atoms with E-state index in [0.29, 0.717) is 78.8 Å². The van der Waals surface area contributed by atoms with E-state index in [4.69, 9.17) is 14.7 Å². The van der Waals surface area contributed by atoms with Gasteiger partial charge in [-0.3, -0.25) is 29.6 Å². The van der Waals surface area contributed by atoms with Crippen LogP contribution in [0.25, 0.3) is 10.9 Å². The van der Waals surface area contributed by atoms with Crippen molar-refractivity contribution in [2.45, 2.75) is 97.9 Å². The fourth-order valence-electron chi connectivity index (χ4n) is 12.2. The second-order valence-electron chi connectivity index (χ2n) is 21.5. The SMILES string of the molecule is CCOc1cc(N2CCC(N3CCN(C(=O)[C@H]4CN(c5cc(F)c(C6CCC(=O)NC6=O)c(F)c5)CC4(C)C)CC3)CC2)c(CC)cc1Nc1ncc(Br)c(Nc2ccc3nc(CC)ccc3c2P2(=O)CCCC2)n1. The fraction of sp³-hybridized carbons (Fsp3) is 0.500. The zero-order valence-corrected chi connectivity index (χ0v) is 46.1. The van der Waals surface area contributed by atoms with E-state index in [1.807, 2.05) is 48.8 Å². The minimum absolute atomic E-state index is 0.0215. The lowest BCUT2D eigenvalue weighted by Crippen LogP contribution is -2.56. The molecule has 398 valence electrons. The topological polar surface area (TPSA) is 165 Å². The molecular formula is C56H68BrF2N10O5P. The van der Waals surface area contributed by atoms with Crippen molar-refractivity contribution < 1.29 is 32.5 Å². The summed E-state index contributed by atoms with van der Waals surface area (Å²) in [6.45, 7) is 16.1. The highest BCUT2D eigenvalue weighted by atomic mass is 79.9. The van der Waals surface area contributed by atoms with Crippen LogP contribution in [0.1, 0.15) is 95.9 Å². The van der Waals surface area contributed by atoms with E-state index in [2.05, 4.69) is 78.7 Å². The van der Waals surface area contributed by atoms with Gasteiger partial charge in [-0.2, -0.15) is 4.98 Å². The Bertz CT molecular complexity index is 3040. The van der Waals surface area contributed by atoms with Gasteiger partial charge in [-0.25, -0.2) is 13.8 Å². The number of ether oxygens (including phenoxy) is 1. The van der Waals surface area contributed by atoms with Gasteiger partial charge in [0.1, 0.15) is 30.3 Å². The molecular weight excluding hydrogens is 1040 g/mol. The Labute approximate surface area is 446 Å². The van der Waals surface area contributed by atoms with E-state index in [1.54, 1.807) is 6.20 Å². The summed E-state index contributed by atoms with van der Waals surface area (Å²) in [6, 6.07) is 15.3. The Balaban J connectivity index is 0.770. The maximum atomic E-state index is 15.5. The summed E-state index contributed by atoms with van der Waals surface area (Å²) in [6.07, 6.45) is 8.63. The number of rotatable bonds is 14. The molecule has 19 heteroatoms. The first kappa shape index (κ1) is 52.7. The number of carbonyl (C=O) groups is 3. The summed E-state index contributed by atoms with van der Waals surface area (Å²) in [5, 5.41) is 11.0. The van der Waals surface area contributed by atoms with Crippen LogP contribution in [0.4, 0.5) is 43.3 Å². The minimum Gasteiger partial charge on any atom is -0.492 e. The van der Waals surface area contributed by atoms with Crippen LogP contribution in [0.2, 0.25) is 0 Å². The summed E-state index contributed by atoms with van der Waals surface area (Å²) in [4.78, 5) is 61.6. The smallest absolute Gasteiger partial charge is 0.234 e. The number of hydrogen-bond acceptors (Lipinski definition) is 13. The van der Waals surface area contributed by atoms with Crippen molar-refractivity contribution >= 4 is 91.5 Å². The van der Waals surface area contributed by atoms with Crippen LogP contribution in [0.15, 0.2) is 59.2 Å². The van der Waals surface area contributed by atoms with Crippen LogP contribution >= 0.6 is 23.1 Å². The Kier molecular flexibility index (Phi) is 15.3. The summed E-state index contributed by atoms with van der Waals surface area (Å²) in [7, 11) is -2.67. The molecule has 5 fully saturated rings. The van der Waals surface area contributed by atoms with Crippen molar-refractivity contribution in [1.82, 2.24) is 30.1 Å². The highest BCUT2D eigenvalue weighted by molar-refractivity contribution is 9.10. The average Bonchev–Trinajstić information content (AvgIpc) is 3.99. The standard InChI is InChI=1S/C56H68BrF2N10O5P/c1-6-34-27-46(63-55-60-31-41(57)52(65-55)62-45-15-14-44-38(12-11-35(7-2)61-44)51(45)75(73)25-9-10-26-75)48(74-8-3)30-47(34)67-19-17-36(18-20-67)66-21-23-68(24-22-66)54(72)40-32-69(33-56(40,4)5)37-28-42(58)50(43(59)29-37)39-13-16-49(70)64-53(39)71/h11-12,14-15,27-31,36,39-40H,6-10,13,16-26,32-33H2,1-5H3,(H,64,70,71)(H2,60,62,63,65)/t39?,40-/m1/s1. The van der Waals surface area contributed by atoms with Gasteiger partial charge >= 0.3 is 0 Å². The Morgan fingerprint density at radius 3 is 2.29 bits per heavy atom. The number of piperidine rings is 2. The maximum absolute atomic E-state index is 15.5. The molecule has 0 aliphatic carbocycles.